The van der Waals surface area contributed by atoms with Crippen molar-refractivity contribution in [2.75, 3.05) is 19.6 Å². The third-order valence-corrected chi connectivity index (χ3v) is 5.15. The number of amides is 2. The molecular formula is C22H26N4O2. The van der Waals surface area contributed by atoms with E-state index in [4.69, 9.17) is 0 Å². The van der Waals surface area contributed by atoms with Gasteiger partial charge in [-0.1, -0.05) is 30.3 Å². The molecule has 6 heteroatoms. The van der Waals surface area contributed by atoms with Gasteiger partial charge in [-0.15, -0.1) is 0 Å². The quantitative estimate of drug-likeness (QED) is 0.812. The molecule has 1 aromatic heterocycles. The number of carbonyl (C=O) groups excluding carboxylic acids is 2. The fourth-order valence-electron chi connectivity index (χ4n) is 3.44. The summed E-state index contributed by atoms with van der Waals surface area (Å²) in [6.45, 7) is 5.66. The van der Waals surface area contributed by atoms with Crippen molar-refractivity contribution in [3.63, 3.8) is 0 Å². The van der Waals surface area contributed by atoms with Gasteiger partial charge in [0.1, 0.15) is 6.33 Å². The van der Waals surface area contributed by atoms with Crippen molar-refractivity contribution >= 4 is 17.9 Å². The smallest absolute Gasteiger partial charge is 0.254 e. The third-order valence-electron chi connectivity index (χ3n) is 5.15. The molecule has 146 valence electrons. The Labute approximate surface area is 165 Å². The monoisotopic (exact) mass is 378 g/mol. The molecule has 2 heterocycles. The minimum Gasteiger partial charge on any atom is -0.352 e. The molecule has 0 unspecified atom stereocenters. The Morgan fingerprint density at radius 3 is 2.39 bits per heavy atom. The molecule has 6 nitrogen and oxygen atoms in total. The fourth-order valence-corrected chi connectivity index (χ4v) is 3.44. The van der Waals surface area contributed by atoms with Crippen LogP contribution in [0.25, 0.3) is 6.08 Å². The number of piperidine rings is 1. The standard InChI is InChI=1S/C22H26N4O2/c1-16-21(17(2)25-15-24-16)22(28)23-14-19-10-12-26(13-11-19)20(27)9-8-18-6-4-3-5-7-18/h3-9,15,19H,10-14H2,1-2H3,(H,23,28)/b9-8+. The molecule has 0 atom stereocenters. The van der Waals surface area contributed by atoms with Gasteiger partial charge in [-0.2, -0.15) is 0 Å². The highest BCUT2D eigenvalue weighted by Gasteiger charge is 2.23. The zero-order valence-corrected chi connectivity index (χ0v) is 16.4. The van der Waals surface area contributed by atoms with Gasteiger partial charge >= 0.3 is 0 Å². The Balaban J connectivity index is 1.46. The Bertz CT molecular complexity index is 836. The van der Waals surface area contributed by atoms with E-state index in [1.54, 1.807) is 6.08 Å². The fraction of sp³-hybridized carbons (Fsp3) is 0.364. The summed E-state index contributed by atoms with van der Waals surface area (Å²) >= 11 is 0. The van der Waals surface area contributed by atoms with Crippen LogP contribution in [-0.2, 0) is 4.79 Å². The second kappa shape index (κ2) is 9.26. The van der Waals surface area contributed by atoms with E-state index in [1.165, 1.54) is 6.33 Å². The summed E-state index contributed by atoms with van der Waals surface area (Å²) < 4.78 is 0. The van der Waals surface area contributed by atoms with Crippen LogP contribution in [0.5, 0.6) is 0 Å². The number of aryl methyl sites for hydroxylation is 2. The molecule has 0 spiro atoms. The molecule has 2 amide bonds. The molecule has 1 aliphatic rings. The highest BCUT2D eigenvalue weighted by molar-refractivity contribution is 5.96. The number of nitrogens with zero attached hydrogens (tertiary/aromatic N) is 3. The third kappa shape index (κ3) is 5.03. The van der Waals surface area contributed by atoms with Crippen molar-refractivity contribution in [2.24, 2.45) is 5.92 Å². The molecule has 0 bridgehead atoms. The van der Waals surface area contributed by atoms with Crippen LogP contribution < -0.4 is 5.32 Å². The molecule has 1 aromatic carbocycles. The topological polar surface area (TPSA) is 75.2 Å². The molecule has 2 aromatic rings. The molecule has 1 saturated heterocycles. The van der Waals surface area contributed by atoms with E-state index in [1.807, 2.05) is 55.2 Å². The van der Waals surface area contributed by atoms with Crippen molar-refractivity contribution in [3.05, 3.63) is 65.2 Å². The van der Waals surface area contributed by atoms with Crippen LogP contribution in [0.4, 0.5) is 0 Å². The summed E-state index contributed by atoms with van der Waals surface area (Å²) in [5.74, 6) is 0.287. The summed E-state index contributed by atoms with van der Waals surface area (Å²) in [6, 6.07) is 9.80. The van der Waals surface area contributed by atoms with Crippen molar-refractivity contribution in [1.29, 1.82) is 0 Å². The maximum atomic E-state index is 12.5. The maximum absolute atomic E-state index is 12.5. The SMILES string of the molecule is Cc1ncnc(C)c1C(=O)NCC1CCN(C(=O)/C=C/c2ccccc2)CC1. The summed E-state index contributed by atoms with van der Waals surface area (Å²) in [6.07, 6.45) is 6.73. The molecular weight excluding hydrogens is 352 g/mol. The Morgan fingerprint density at radius 1 is 1.11 bits per heavy atom. The average molecular weight is 378 g/mol. The summed E-state index contributed by atoms with van der Waals surface area (Å²) in [4.78, 5) is 34.9. The summed E-state index contributed by atoms with van der Waals surface area (Å²) in [7, 11) is 0. The molecule has 0 aliphatic carbocycles. The number of carbonyl (C=O) groups is 2. The maximum Gasteiger partial charge on any atom is 0.254 e. The van der Waals surface area contributed by atoms with Crippen LogP contribution in [0, 0.1) is 19.8 Å². The zero-order valence-electron chi connectivity index (χ0n) is 16.4. The van der Waals surface area contributed by atoms with Gasteiger partial charge in [0.2, 0.25) is 5.91 Å². The second-order valence-corrected chi connectivity index (χ2v) is 7.14. The van der Waals surface area contributed by atoms with Gasteiger partial charge in [0, 0.05) is 25.7 Å². The van der Waals surface area contributed by atoms with Crippen molar-refractivity contribution < 1.29 is 9.59 Å². The largest absolute Gasteiger partial charge is 0.352 e. The van der Waals surface area contributed by atoms with Crippen LogP contribution in [0.1, 0.15) is 40.2 Å². The first-order valence-electron chi connectivity index (χ1n) is 9.63. The number of rotatable bonds is 5. The van der Waals surface area contributed by atoms with Gasteiger partial charge in [-0.05, 0) is 44.2 Å². The van der Waals surface area contributed by atoms with E-state index >= 15 is 0 Å². The number of aromatic nitrogens is 2. The number of hydrogen-bond donors (Lipinski definition) is 1. The van der Waals surface area contributed by atoms with Crippen LogP contribution >= 0.6 is 0 Å². The minimum atomic E-state index is -0.125. The Morgan fingerprint density at radius 2 is 1.75 bits per heavy atom. The number of benzene rings is 1. The van der Waals surface area contributed by atoms with Gasteiger partial charge in [0.25, 0.3) is 5.91 Å². The molecule has 1 aliphatic heterocycles. The van der Waals surface area contributed by atoms with Gasteiger partial charge < -0.3 is 10.2 Å². The van der Waals surface area contributed by atoms with Crippen LogP contribution in [0.15, 0.2) is 42.7 Å². The highest BCUT2D eigenvalue weighted by Crippen LogP contribution is 2.17. The van der Waals surface area contributed by atoms with Crippen LogP contribution in [-0.4, -0.2) is 46.3 Å². The van der Waals surface area contributed by atoms with E-state index in [0.29, 0.717) is 42.5 Å². The van der Waals surface area contributed by atoms with E-state index in [0.717, 1.165) is 18.4 Å². The van der Waals surface area contributed by atoms with E-state index in [9.17, 15) is 9.59 Å². The highest BCUT2D eigenvalue weighted by atomic mass is 16.2. The lowest BCUT2D eigenvalue weighted by Crippen LogP contribution is -2.41. The number of hydrogen-bond acceptors (Lipinski definition) is 4. The van der Waals surface area contributed by atoms with Crippen molar-refractivity contribution in [3.8, 4) is 0 Å². The molecule has 3 rings (SSSR count). The first-order chi connectivity index (χ1) is 13.5. The molecule has 28 heavy (non-hydrogen) atoms. The zero-order chi connectivity index (χ0) is 19.9. The lowest BCUT2D eigenvalue weighted by atomic mass is 9.96. The van der Waals surface area contributed by atoms with Crippen molar-refractivity contribution in [2.45, 2.75) is 26.7 Å². The number of nitrogens with one attached hydrogen (secondary N) is 1. The van der Waals surface area contributed by atoms with Crippen LogP contribution in [0.2, 0.25) is 0 Å². The Kier molecular flexibility index (Phi) is 6.53. The van der Waals surface area contributed by atoms with Gasteiger partial charge in [0.05, 0.1) is 17.0 Å². The number of likely N-dealkylation sites (tertiary alicyclic amines) is 1. The van der Waals surface area contributed by atoms with Gasteiger partial charge in [-0.25, -0.2) is 9.97 Å². The average Bonchev–Trinajstić information content (AvgIpc) is 2.71. The molecule has 1 N–H and O–H groups in total. The van der Waals surface area contributed by atoms with E-state index in [-0.39, 0.29) is 11.8 Å². The lowest BCUT2D eigenvalue weighted by Gasteiger charge is -2.31. The van der Waals surface area contributed by atoms with Crippen LogP contribution in [0.3, 0.4) is 0 Å². The predicted molar refractivity (Wildman–Crippen MR) is 109 cm³/mol. The first-order valence-corrected chi connectivity index (χ1v) is 9.63. The van der Waals surface area contributed by atoms with Gasteiger partial charge in [0.15, 0.2) is 0 Å². The Hall–Kier alpha value is -3.02. The normalized spacial score (nSPS) is 15.0. The lowest BCUT2D eigenvalue weighted by molar-refractivity contribution is -0.127. The van der Waals surface area contributed by atoms with E-state index in [2.05, 4.69) is 15.3 Å². The van der Waals surface area contributed by atoms with Gasteiger partial charge in [-0.3, -0.25) is 9.59 Å². The summed E-state index contributed by atoms with van der Waals surface area (Å²) in [5.41, 5.74) is 2.95. The molecule has 0 saturated carbocycles. The summed E-state index contributed by atoms with van der Waals surface area (Å²) in [5, 5.41) is 3.00. The molecule has 1 fully saturated rings. The minimum absolute atomic E-state index is 0.0408. The van der Waals surface area contributed by atoms with E-state index < -0.39 is 0 Å². The molecule has 0 radical (unpaired) electrons. The predicted octanol–water partition coefficient (Wildman–Crippen LogP) is 2.78. The second-order valence-electron chi connectivity index (χ2n) is 7.14. The first kappa shape index (κ1) is 19.7. The van der Waals surface area contributed by atoms with Crippen molar-refractivity contribution in [1.82, 2.24) is 20.2 Å².